The number of esters is 1. The number of nitrogens with two attached hydrogens (primary N) is 1. The standard InChI is InChI=1S/C15H18N2O2S/c1-19-14(18)15(16,11-6-7-11)9-20-13-8-10-4-2-3-5-12(10)17-13/h2-5,8,11,17H,6-7,9,16H2,1H3. The molecule has 0 radical (unpaired) electrons. The van der Waals surface area contributed by atoms with Gasteiger partial charge >= 0.3 is 5.97 Å². The van der Waals surface area contributed by atoms with Crippen molar-refractivity contribution in [2.75, 3.05) is 12.9 Å². The molecule has 0 saturated heterocycles. The molecule has 1 unspecified atom stereocenters. The molecule has 1 fully saturated rings. The van der Waals surface area contributed by atoms with Crippen LogP contribution in [0.15, 0.2) is 35.4 Å². The summed E-state index contributed by atoms with van der Waals surface area (Å²) < 4.78 is 4.88. The van der Waals surface area contributed by atoms with E-state index in [1.54, 1.807) is 11.8 Å². The van der Waals surface area contributed by atoms with Gasteiger partial charge in [-0.25, -0.2) is 0 Å². The Kier molecular flexibility index (Phi) is 3.48. The summed E-state index contributed by atoms with van der Waals surface area (Å²) in [6.45, 7) is 0. The fraction of sp³-hybridized carbons (Fsp3) is 0.400. The maximum atomic E-state index is 11.9. The van der Waals surface area contributed by atoms with Crippen LogP contribution in [0.4, 0.5) is 0 Å². The molecule has 1 saturated carbocycles. The molecule has 3 rings (SSSR count). The predicted molar refractivity (Wildman–Crippen MR) is 80.7 cm³/mol. The van der Waals surface area contributed by atoms with Gasteiger partial charge in [0.25, 0.3) is 0 Å². The number of para-hydroxylation sites is 1. The Balaban J connectivity index is 1.75. The Bertz CT molecular complexity index is 603. The normalized spacial score (nSPS) is 17.9. The highest BCUT2D eigenvalue weighted by Crippen LogP contribution is 2.41. The van der Waals surface area contributed by atoms with Crippen LogP contribution in [0.2, 0.25) is 0 Å². The van der Waals surface area contributed by atoms with E-state index in [1.165, 1.54) is 12.5 Å². The number of H-pyrrole nitrogens is 1. The maximum Gasteiger partial charge on any atom is 0.327 e. The third-order valence-electron chi connectivity index (χ3n) is 3.84. The molecule has 3 N–H and O–H groups in total. The van der Waals surface area contributed by atoms with E-state index in [0.717, 1.165) is 23.4 Å². The summed E-state index contributed by atoms with van der Waals surface area (Å²) in [7, 11) is 1.40. The van der Waals surface area contributed by atoms with Crippen molar-refractivity contribution in [3.8, 4) is 0 Å². The van der Waals surface area contributed by atoms with Crippen molar-refractivity contribution in [1.82, 2.24) is 4.98 Å². The largest absolute Gasteiger partial charge is 0.468 e. The van der Waals surface area contributed by atoms with Gasteiger partial charge in [0.2, 0.25) is 0 Å². The van der Waals surface area contributed by atoms with E-state index in [9.17, 15) is 4.79 Å². The fourth-order valence-electron chi connectivity index (χ4n) is 2.45. The highest BCUT2D eigenvalue weighted by atomic mass is 32.2. The van der Waals surface area contributed by atoms with Crippen LogP contribution < -0.4 is 5.73 Å². The Morgan fingerprint density at radius 3 is 2.90 bits per heavy atom. The maximum absolute atomic E-state index is 11.9. The second-order valence-corrected chi connectivity index (χ2v) is 6.33. The lowest BCUT2D eigenvalue weighted by Crippen LogP contribution is -2.53. The van der Waals surface area contributed by atoms with Gasteiger partial charge in [0, 0.05) is 16.7 Å². The first kappa shape index (κ1) is 13.5. The molecule has 4 nitrogen and oxygen atoms in total. The molecule has 5 heteroatoms. The van der Waals surface area contributed by atoms with Gasteiger partial charge in [-0.1, -0.05) is 18.2 Å². The van der Waals surface area contributed by atoms with Crippen molar-refractivity contribution in [2.45, 2.75) is 23.4 Å². The molecule has 20 heavy (non-hydrogen) atoms. The van der Waals surface area contributed by atoms with Crippen molar-refractivity contribution in [3.63, 3.8) is 0 Å². The first-order valence-corrected chi connectivity index (χ1v) is 7.70. The van der Waals surface area contributed by atoms with E-state index in [1.807, 2.05) is 18.2 Å². The highest BCUT2D eigenvalue weighted by molar-refractivity contribution is 7.99. The van der Waals surface area contributed by atoms with Crippen LogP contribution in [0, 0.1) is 5.92 Å². The number of methoxy groups -OCH3 is 1. The van der Waals surface area contributed by atoms with Gasteiger partial charge in [0.15, 0.2) is 0 Å². The van der Waals surface area contributed by atoms with Gasteiger partial charge in [0.05, 0.1) is 12.1 Å². The van der Waals surface area contributed by atoms with E-state index in [2.05, 4.69) is 17.1 Å². The summed E-state index contributed by atoms with van der Waals surface area (Å²) in [5, 5.41) is 2.20. The van der Waals surface area contributed by atoms with Gasteiger partial charge in [-0.3, -0.25) is 4.79 Å². The van der Waals surface area contributed by atoms with E-state index >= 15 is 0 Å². The van der Waals surface area contributed by atoms with Gasteiger partial charge in [0.1, 0.15) is 5.54 Å². The molecule has 0 amide bonds. The zero-order valence-electron chi connectivity index (χ0n) is 11.4. The number of hydrogen-bond donors (Lipinski definition) is 2. The Morgan fingerprint density at radius 2 is 2.25 bits per heavy atom. The topological polar surface area (TPSA) is 68.1 Å². The molecule has 1 aromatic carbocycles. The molecule has 1 aromatic heterocycles. The van der Waals surface area contributed by atoms with Crippen molar-refractivity contribution in [3.05, 3.63) is 30.3 Å². The third kappa shape index (κ3) is 2.43. The summed E-state index contributed by atoms with van der Waals surface area (Å²) in [6.07, 6.45) is 2.03. The quantitative estimate of drug-likeness (QED) is 0.656. The molecule has 1 aliphatic rings. The Hall–Kier alpha value is -1.46. The van der Waals surface area contributed by atoms with E-state index in [0.29, 0.717) is 5.75 Å². The summed E-state index contributed by atoms with van der Waals surface area (Å²) in [5.74, 6) is 0.493. The number of hydrogen-bond acceptors (Lipinski definition) is 4. The monoisotopic (exact) mass is 290 g/mol. The molecule has 1 atom stereocenters. The number of aromatic amines is 1. The number of carbonyl (C=O) groups is 1. The van der Waals surface area contributed by atoms with E-state index < -0.39 is 5.54 Å². The first-order chi connectivity index (χ1) is 9.63. The summed E-state index contributed by atoms with van der Waals surface area (Å²) >= 11 is 1.58. The molecule has 0 spiro atoms. The molecule has 0 aliphatic heterocycles. The van der Waals surface area contributed by atoms with Gasteiger partial charge in [-0.15, -0.1) is 11.8 Å². The van der Waals surface area contributed by atoms with Gasteiger partial charge in [-0.2, -0.15) is 0 Å². The number of fused-ring (bicyclic) bond motifs is 1. The van der Waals surface area contributed by atoms with Crippen LogP contribution in [0.3, 0.4) is 0 Å². The van der Waals surface area contributed by atoms with E-state index in [-0.39, 0.29) is 11.9 Å². The fourth-order valence-corrected chi connectivity index (χ4v) is 3.59. The Labute approximate surface area is 122 Å². The van der Waals surface area contributed by atoms with Crippen LogP contribution in [0.5, 0.6) is 0 Å². The minimum atomic E-state index is -0.864. The minimum absolute atomic E-state index is 0.256. The zero-order chi connectivity index (χ0) is 14.2. The van der Waals surface area contributed by atoms with Gasteiger partial charge < -0.3 is 15.5 Å². The van der Waals surface area contributed by atoms with Crippen molar-refractivity contribution >= 4 is 28.6 Å². The smallest absolute Gasteiger partial charge is 0.327 e. The second kappa shape index (κ2) is 5.14. The number of benzene rings is 1. The zero-order valence-corrected chi connectivity index (χ0v) is 12.2. The number of ether oxygens (including phenoxy) is 1. The molecule has 106 valence electrons. The van der Waals surface area contributed by atoms with Crippen molar-refractivity contribution < 1.29 is 9.53 Å². The molecular weight excluding hydrogens is 272 g/mol. The molecular formula is C15H18N2O2S. The lowest BCUT2D eigenvalue weighted by molar-refractivity contribution is -0.146. The van der Waals surface area contributed by atoms with Crippen LogP contribution in [0.25, 0.3) is 10.9 Å². The van der Waals surface area contributed by atoms with Gasteiger partial charge in [-0.05, 0) is 30.9 Å². The summed E-state index contributed by atoms with van der Waals surface area (Å²) in [6, 6.07) is 10.2. The van der Waals surface area contributed by atoms with Crippen molar-refractivity contribution in [2.24, 2.45) is 11.7 Å². The van der Waals surface area contributed by atoms with Crippen molar-refractivity contribution in [1.29, 1.82) is 0 Å². The molecule has 0 bridgehead atoms. The average molecular weight is 290 g/mol. The molecule has 1 heterocycles. The second-order valence-electron chi connectivity index (χ2n) is 5.32. The number of aromatic nitrogens is 1. The first-order valence-electron chi connectivity index (χ1n) is 6.71. The predicted octanol–water partition coefficient (Wildman–Crippen LogP) is 2.54. The van der Waals surface area contributed by atoms with E-state index in [4.69, 9.17) is 10.5 Å². The van der Waals surface area contributed by atoms with Crippen LogP contribution in [-0.4, -0.2) is 29.4 Å². The summed E-state index contributed by atoms with van der Waals surface area (Å²) in [4.78, 5) is 15.3. The lowest BCUT2D eigenvalue weighted by atomic mass is 9.97. The van der Waals surface area contributed by atoms with Crippen LogP contribution in [-0.2, 0) is 9.53 Å². The van der Waals surface area contributed by atoms with Crippen LogP contribution >= 0.6 is 11.8 Å². The minimum Gasteiger partial charge on any atom is -0.468 e. The number of thioether (sulfide) groups is 1. The Morgan fingerprint density at radius 1 is 1.50 bits per heavy atom. The molecule has 1 aliphatic carbocycles. The van der Waals surface area contributed by atoms with Crippen LogP contribution in [0.1, 0.15) is 12.8 Å². The number of nitrogens with one attached hydrogen (secondary N) is 1. The highest BCUT2D eigenvalue weighted by Gasteiger charge is 2.48. The molecule has 2 aromatic rings. The SMILES string of the molecule is COC(=O)C(N)(CSc1cc2ccccc2[nH]1)C1CC1. The lowest BCUT2D eigenvalue weighted by Gasteiger charge is -2.25. The number of rotatable bonds is 5. The summed E-state index contributed by atoms with van der Waals surface area (Å²) in [5.41, 5.74) is 6.52. The average Bonchev–Trinajstić information content (AvgIpc) is 3.24. The number of carbonyl (C=O) groups excluding carboxylic acids is 1. The third-order valence-corrected chi connectivity index (χ3v) is 5.00.